The van der Waals surface area contributed by atoms with E-state index in [9.17, 15) is 4.79 Å². The first-order valence-corrected chi connectivity index (χ1v) is 5.29. The molecular weight excluding hydrogens is 174 g/mol. The van der Waals surface area contributed by atoms with Crippen LogP contribution in [0, 0.1) is 5.92 Å². The van der Waals surface area contributed by atoms with Crippen molar-refractivity contribution in [3.63, 3.8) is 0 Å². The Morgan fingerprint density at radius 3 is 3.08 bits per heavy atom. The normalized spacial score (nSPS) is 29.8. The number of rotatable bonds is 2. The Morgan fingerprint density at radius 1 is 1.75 bits per heavy atom. The predicted octanol–water partition coefficient (Wildman–Crippen LogP) is 0.630. The molecule has 0 aromatic rings. The van der Waals surface area contributed by atoms with Gasteiger partial charge in [0.25, 0.3) is 0 Å². The monoisotopic (exact) mass is 189 g/mol. The average molecular weight is 189 g/mol. The molecule has 1 rings (SSSR count). The van der Waals surface area contributed by atoms with Gasteiger partial charge in [-0.2, -0.15) is 11.8 Å². The third-order valence-electron chi connectivity index (χ3n) is 2.19. The molecule has 1 heterocycles. The third-order valence-corrected chi connectivity index (χ3v) is 3.38. The van der Waals surface area contributed by atoms with Crippen molar-refractivity contribution in [3.8, 4) is 0 Å². The second-order valence-electron chi connectivity index (χ2n) is 3.07. The topological polar surface area (TPSA) is 52.3 Å². The lowest BCUT2D eigenvalue weighted by atomic mass is 9.96. The maximum Gasteiger partial charge on any atom is 0.305 e. The molecule has 0 bridgehead atoms. The van der Waals surface area contributed by atoms with Gasteiger partial charge in [0.2, 0.25) is 0 Å². The zero-order chi connectivity index (χ0) is 8.97. The molecule has 0 aromatic heterocycles. The van der Waals surface area contributed by atoms with E-state index < -0.39 is 0 Å². The number of methoxy groups -OCH3 is 1. The molecule has 2 atom stereocenters. The van der Waals surface area contributed by atoms with Crippen LogP contribution in [-0.4, -0.2) is 30.6 Å². The SMILES string of the molecule is COC(=O)C[C@H]1CSCC[C@H]1N. The van der Waals surface area contributed by atoms with Gasteiger partial charge in [-0.3, -0.25) is 4.79 Å². The molecule has 2 N–H and O–H groups in total. The molecule has 0 aromatic carbocycles. The highest BCUT2D eigenvalue weighted by atomic mass is 32.2. The minimum atomic E-state index is -0.141. The minimum Gasteiger partial charge on any atom is -0.469 e. The summed E-state index contributed by atoms with van der Waals surface area (Å²) < 4.78 is 4.60. The van der Waals surface area contributed by atoms with Crippen LogP contribution in [0.1, 0.15) is 12.8 Å². The van der Waals surface area contributed by atoms with Crippen molar-refractivity contribution in [2.45, 2.75) is 18.9 Å². The van der Waals surface area contributed by atoms with Crippen LogP contribution in [-0.2, 0) is 9.53 Å². The number of hydrogen-bond donors (Lipinski definition) is 1. The van der Waals surface area contributed by atoms with Gasteiger partial charge in [0.05, 0.1) is 13.5 Å². The van der Waals surface area contributed by atoms with E-state index in [1.807, 2.05) is 11.8 Å². The van der Waals surface area contributed by atoms with Crippen molar-refractivity contribution in [2.75, 3.05) is 18.6 Å². The lowest BCUT2D eigenvalue weighted by Crippen LogP contribution is -2.36. The van der Waals surface area contributed by atoms with Gasteiger partial charge in [0, 0.05) is 6.04 Å². The number of esters is 1. The third kappa shape index (κ3) is 2.68. The summed E-state index contributed by atoms with van der Waals surface area (Å²) in [6.45, 7) is 0. The molecule has 70 valence electrons. The summed E-state index contributed by atoms with van der Waals surface area (Å²) in [6.07, 6.45) is 1.50. The minimum absolute atomic E-state index is 0.141. The Balaban J connectivity index is 2.33. The first kappa shape index (κ1) is 9.86. The maximum absolute atomic E-state index is 10.9. The molecule has 0 unspecified atom stereocenters. The Labute approximate surface area is 77.0 Å². The van der Waals surface area contributed by atoms with E-state index in [-0.39, 0.29) is 12.0 Å². The first-order valence-electron chi connectivity index (χ1n) is 4.14. The maximum atomic E-state index is 10.9. The van der Waals surface area contributed by atoms with Gasteiger partial charge < -0.3 is 10.5 Å². The largest absolute Gasteiger partial charge is 0.469 e. The van der Waals surface area contributed by atoms with Crippen molar-refractivity contribution < 1.29 is 9.53 Å². The number of thioether (sulfide) groups is 1. The number of hydrogen-bond acceptors (Lipinski definition) is 4. The van der Waals surface area contributed by atoms with Crippen LogP contribution >= 0.6 is 11.8 Å². The smallest absolute Gasteiger partial charge is 0.305 e. The van der Waals surface area contributed by atoms with E-state index in [0.717, 1.165) is 17.9 Å². The molecule has 0 amide bonds. The number of carbonyl (C=O) groups excluding carboxylic acids is 1. The molecule has 0 aliphatic carbocycles. The fourth-order valence-corrected chi connectivity index (χ4v) is 2.59. The second-order valence-corrected chi connectivity index (χ2v) is 4.22. The van der Waals surface area contributed by atoms with Crippen LogP contribution in [0.5, 0.6) is 0 Å². The summed E-state index contributed by atoms with van der Waals surface area (Å²) in [5.74, 6) is 2.30. The molecule has 1 aliphatic heterocycles. The van der Waals surface area contributed by atoms with Gasteiger partial charge in [-0.25, -0.2) is 0 Å². The van der Waals surface area contributed by atoms with Gasteiger partial charge in [0.1, 0.15) is 0 Å². The van der Waals surface area contributed by atoms with Crippen molar-refractivity contribution >= 4 is 17.7 Å². The fraction of sp³-hybridized carbons (Fsp3) is 0.875. The predicted molar refractivity (Wildman–Crippen MR) is 50.0 cm³/mol. The van der Waals surface area contributed by atoms with E-state index in [4.69, 9.17) is 5.73 Å². The molecule has 3 nitrogen and oxygen atoms in total. The molecular formula is C8H15NO2S. The van der Waals surface area contributed by atoms with Gasteiger partial charge in [0.15, 0.2) is 0 Å². The van der Waals surface area contributed by atoms with E-state index in [0.29, 0.717) is 12.3 Å². The number of carbonyl (C=O) groups is 1. The average Bonchev–Trinajstić information content (AvgIpc) is 2.09. The van der Waals surface area contributed by atoms with Crippen LogP contribution in [0.15, 0.2) is 0 Å². The lowest BCUT2D eigenvalue weighted by molar-refractivity contribution is -0.141. The van der Waals surface area contributed by atoms with Gasteiger partial charge >= 0.3 is 5.97 Å². The first-order chi connectivity index (χ1) is 5.74. The highest BCUT2D eigenvalue weighted by Crippen LogP contribution is 2.24. The highest BCUT2D eigenvalue weighted by molar-refractivity contribution is 7.99. The van der Waals surface area contributed by atoms with Gasteiger partial charge in [-0.05, 0) is 23.8 Å². The van der Waals surface area contributed by atoms with E-state index in [2.05, 4.69) is 4.74 Å². The molecule has 1 saturated heterocycles. The zero-order valence-electron chi connectivity index (χ0n) is 7.29. The summed E-state index contributed by atoms with van der Waals surface area (Å²) in [5, 5.41) is 0. The van der Waals surface area contributed by atoms with Gasteiger partial charge in [-0.1, -0.05) is 0 Å². The van der Waals surface area contributed by atoms with Crippen LogP contribution in [0.3, 0.4) is 0 Å². The summed E-state index contributed by atoms with van der Waals surface area (Å²) >= 11 is 1.87. The molecule has 0 radical (unpaired) electrons. The summed E-state index contributed by atoms with van der Waals surface area (Å²) in [7, 11) is 1.42. The second kappa shape index (κ2) is 4.72. The number of ether oxygens (including phenoxy) is 1. The van der Waals surface area contributed by atoms with Gasteiger partial charge in [-0.15, -0.1) is 0 Å². The molecule has 1 fully saturated rings. The zero-order valence-corrected chi connectivity index (χ0v) is 8.10. The Bertz CT molecular complexity index is 163. The molecule has 0 spiro atoms. The van der Waals surface area contributed by atoms with Crippen molar-refractivity contribution in [1.29, 1.82) is 0 Å². The van der Waals surface area contributed by atoms with Crippen LogP contribution in [0.25, 0.3) is 0 Å². The molecule has 12 heavy (non-hydrogen) atoms. The summed E-state index contributed by atoms with van der Waals surface area (Å²) in [6, 6.07) is 0.186. The van der Waals surface area contributed by atoms with E-state index >= 15 is 0 Å². The van der Waals surface area contributed by atoms with Crippen LogP contribution in [0.2, 0.25) is 0 Å². The van der Waals surface area contributed by atoms with Crippen molar-refractivity contribution in [3.05, 3.63) is 0 Å². The summed E-state index contributed by atoms with van der Waals surface area (Å²) in [5.41, 5.74) is 5.86. The molecule has 0 saturated carbocycles. The Kier molecular flexibility index (Phi) is 3.88. The van der Waals surface area contributed by atoms with E-state index in [1.165, 1.54) is 7.11 Å². The lowest BCUT2D eigenvalue weighted by Gasteiger charge is -2.26. The summed E-state index contributed by atoms with van der Waals surface area (Å²) in [4.78, 5) is 10.9. The standard InChI is InChI=1S/C8H15NO2S/c1-11-8(10)4-6-5-12-3-2-7(6)9/h6-7H,2-5,9H2,1H3/t6-,7+/m0/s1. The molecule has 1 aliphatic rings. The van der Waals surface area contributed by atoms with Crippen LogP contribution in [0.4, 0.5) is 0 Å². The fourth-order valence-electron chi connectivity index (χ4n) is 1.32. The Morgan fingerprint density at radius 2 is 2.50 bits per heavy atom. The van der Waals surface area contributed by atoms with Crippen molar-refractivity contribution in [1.82, 2.24) is 0 Å². The van der Waals surface area contributed by atoms with E-state index in [1.54, 1.807) is 0 Å². The number of nitrogens with two attached hydrogens (primary N) is 1. The quantitative estimate of drug-likeness (QED) is 0.647. The van der Waals surface area contributed by atoms with Crippen molar-refractivity contribution in [2.24, 2.45) is 11.7 Å². The molecule has 4 heteroatoms. The van der Waals surface area contributed by atoms with Crippen LogP contribution < -0.4 is 5.73 Å². The highest BCUT2D eigenvalue weighted by Gasteiger charge is 2.24. The Hall–Kier alpha value is -0.220.